The molecule has 0 heterocycles. The summed E-state index contributed by atoms with van der Waals surface area (Å²) < 4.78 is 5.06. The Kier molecular flexibility index (Phi) is 3.90. The summed E-state index contributed by atoms with van der Waals surface area (Å²) in [6, 6.07) is 7.40. The van der Waals surface area contributed by atoms with Crippen molar-refractivity contribution in [2.45, 2.75) is 18.9 Å². The van der Waals surface area contributed by atoms with E-state index in [0.717, 1.165) is 11.3 Å². The molecule has 1 aromatic rings. The molecule has 0 bridgehead atoms. The van der Waals surface area contributed by atoms with Gasteiger partial charge in [0.1, 0.15) is 5.75 Å². The summed E-state index contributed by atoms with van der Waals surface area (Å²) in [5, 5.41) is 11.9. The normalized spacial score (nSPS) is 14.2. The van der Waals surface area contributed by atoms with Crippen LogP contribution in [-0.4, -0.2) is 25.2 Å². The van der Waals surface area contributed by atoms with E-state index in [9.17, 15) is 4.79 Å². The smallest absolute Gasteiger partial charge is 0.305 e. The zero-order chi connectivity index (χ0) is 12.2. The third-order valence-corrected chi connectivity index (χ3v) is 2.78. The Hall–Kier alpha value is -1.55. The number of rotatable bonds is 5. The molecule has 1 unspecified atom stereocenters. The van der Waals surface area contributed by atoms with E-state index in [1.165, 1.54) is 0 Å². The molecule has 16 heavy (non-hydrogen) atoms. The summed E-state index contributed by atoms with van der Waals surface area (Å²) in [6.45, 7) is 1.86. The molecule has 0 aliphatic heterocycles. The number of methoxy groups -OCH3 is 1. The molecule has 0 radical (unpaired) electrons. The van der Waals surface area contributed by atoms with Gasteiger partial charge in [0, 0.05) is 0 Å². The Labute approximate surface area is 95.2 Å². The fraction of sp³-hybridized carbons (Fsp3) is 0.417. The predicted octanol–water partition coefficient (Wildman–Crippen LogP) is 1.60. The second kappa shape index (κ2) is 4.99. The van der Waals surface area contributed by atoms with Gasteiger partial charge in [0.05, 0.1) is 19.1 Å². The molecule has 4 heteroatoms. The van der Waals surface area contributed by atoms with Crippen molar-refractivity contribution >= 4 is 5.97 Å². The van der Waals surface area contributed by atoms with Crippen LogP contribution in [0, 0.1) is 0 Å². The summed E-state index contributed by atoms with van der Waals surface area (Å²) >= 11 is 0. The monoisotopic (exact) mass is 223 g/mol. The highest BCUT2D eigenvalue weighted by Crippen LogP contribution is 2.26. The molecule has 0 saturated carbocycles. The standard InChI is InChI=1S/C12H17NO3/c1-12(13-2,8-11(14)15)9-4-6-10(16-3)7-5-9/h4-7,13H,8H2,1-3H3,(H,14,15). The van der Waals surface area contributed by atoms with E-state index < -0.39 is 11.5 Å². The number of ether oxygens (including phenoxy) is 1. The predicted molar refractivity (Wildman–Crippen MR) is 61.7 cm³/mol. The van der Waals surface area contributed by atoms with Crippen LogP contribution in [0.3, 0.4) is 0 Å². The van der Waals surface area contributed by atoms with Crippen molar-refractivity contribution in [2.75, 3.05) is 14.2 Å². The average Bonchev–Trinajstić information content (AvgIpc) is 2.28. The highest BCUT2D eigenvalue weighted by molar-refractivity contribution is 5.68. The maximum Gasteiger partial charge on any atom is 0.305 e. The Balaban J connectivity index is 2.98. The van der Waals surface area contributed by atoms with Crippen LogP contribution in [0.5, 0.6) is 5.75 Å². The SMILES string of the molecule is CNC(C)(CC(=O)O)c1ccc(OC)cc1. The fourth-order valence-electron chi connectivity index (χ4n) is 1.60. The molecule has 1 atom stereocenters. The zero-order valence-electron chi connectivity index (χ0n) is 9.78. The van der Waals surface area contributed by atoms with Gasteiger partial charge in [-0.15, -0.1) is 0 Å². The molecule has 0 fully saturated rings. The van der Waals surface area contributed by atoms with Crippen LogP contribution in [-0.2, 0) is 10.3 Å². The minimum absolute atomic E-state index is 0.0375. The van der Waals surface area contributed by atoms with Gasteiger partial charge in [0.2, 0.25) is 0 Å². The van der Waals surface area contributed by atoms with E-state index in [-0.39, 0.29) is 6.42 Å². The van der Waals surface area contributed by atoms with Gasteiger partial charge in [-0.25, -0.2) is 0 Å². The van der Waals surface area contributed by atoms with Crippen molar-refractivity contribution in [3.05, 3.63) is 29.8 Å². The lowest BCUT2D eigenvalue weighted by atomic mass is 9.89. The number of hydrogen-bond donors (Lipinski definition) is 2. The van der Waals surface area contributed by atoms with Crippen LogP contribution in [0.25, 0.3) is 0 Å². The Bertz CT molecular complexity index is 361. The van der Waals surface area contributed by atoms with Crippen molar-refractivity contribution < 1.29 is 14.6 Å². The number of carbonyl (C=O) groups is 1. The molecule has 0 saturated heterocycles. The van der Waals surface area contributed by atoms with Crippen molar-refractivity contribution in [1.29, 1.82) is 0 Å². The molecule has 0 spiro atoms. The maximum atomic E-state index is 10.8. The molecule has 0 aliphatic carbocycles. The van der Waals surface area contributed by atoms with Gasteiger partial charge in [-0.2, -0.15) is 0 Å². The number of carboxylic acid groups (broad SMARTS) is 1. The minimum Gasteiger partial charge on any atom is -0.497 e. The number of nitrogens with one attached hydrogen (secondary N) is 1. The van der Waals surface area contributed by atoms with E-state index in [1.54, 1.807) is 14.2 Å². The molecule has 1 rings (SSSR count). The van der Waals surface area contributed by atoms with Gasteiger partial charge in [-0.3, -0.25) is 4.79 Å². The fourth-order valence-corrected chi connectivity index (χ4v) is 1.60. The zero-order valence-corrected chi connectivity index (χ0v) is 9.78. The van der Waals surface area contributed by atoms with Crippen LogP contribution in [0.1, 0.15) is 18.9 Å². The molecular weight excluding hydrogens is 206 g/mol. The van der Waals surface area contributed by atoms with Gasteiger partial charge in [0.25, 0.3) is 0 Å². The lowest BCUT2D eigenvalue weighted by molar-refractivity contribution is -0.138. The summed E-state index contributed by atoms with van der Waals surface area (Å²) in [4.78, 5) is 10.8. The van der Waals surface area contributed by atoms with Crippen LogP contribution < -0.4 is 10.1 Å². The molecule has 1 aromatic carbocycles. The van der Waals surface area contributed by atoms with Crippen LogP contribution >= 0.6 is 0 Å². The Morgan fingerprint density at radius 2 is 2.00 bits per heavy atom. The summed E-state index contributed by atoms with van der Waals surface area (Å²) in [5.74, 6) is -0.0646. The van der Waals surface area contributed by atoms with Crippen molar-refractivity contribution in [3.63, 3.8) is 0 Å². The highest BCUT2D eigenvalue weighted by atomic mass is 16.5. The molecule has 0 amide bonds. The van der Waals surface area contributed by atoms with Crippen LogP contribution in [0.15, 0.2) is 24.3 Å². The first kappa shape index (κ1) is 12.5. The first-order valence-electron chi connectivity index (χ1n) is 5.07. The third kappa shape index (κ3) is 2.73. The number of aliphatic carboxylic acids is 1. The second-order valence-corrected chi connectivity index (χ2v) is 3.88. The van der Waals surface area contributed by atoms with Crippen molar-refractivity contribution in [2.24, 2.45) is 0 Å². The minimum atomic E-state index is -0.826. The lowest BCUT2D eigenvalue weighted by Gasteiger charge is -2.28. The molecule has 0 aromatic heterocycles. The summed E-state index contributed by atoms with van der Waals surface area (Å²) in [7, 11) is 3.36. The van der Waals surface area contributed by atoms with Gasteiger partial charge in [0.15, 0.2) is 0 Å². The van der Waals surface area contributed by atoms with Gasteiger partial charge in [-0.05, 0) is 31.7 Å². The molecule has 88 valence electrons. The largest absolute Gasteiger partial charge is 0.497 e. The van der Waals surface area contributed by atoms with E-state index in [2.05, 4.69) is 5.32 Å². The summed E-state index contributed by atoms with van der Waals surface area (Å²) in [5.41, 5.74) is 0.371. The van der Waals surface area contributed by atoms with E-state index >= 15 is 0 Å². The lowest BCUT2D eigenvalue weighted by Crippen LogP contribution is -2.38. The van der Waals surface area contributed by atoms with E-state index in [1.807, 2.05) is 31.2 Å². The molecule has 2 N–H and O–H groups in total. The Morgan fingerprint density at radius 3 is 2.38 bits per heavy atom. The number of hydrogen-bond acceptors (Lipinski definition) is 3. The third-order valence-electron chi connectivity index (χ3n) is 2.78. The van der Waals surface area contributed by atoms with E-state index in [0.29, 0.717) is 0 Å². The number of carboxylic acids is 1. The van der Waals surface area contributed by atoms with Crippen molar-refractivity contribution in [1.82, 2.24) is 5.32 Å². The first-order chi connectivity index (χ1) is 7.51. The van der Waals surface area contributed by atoms with Gasteiger partial charge >= 0.3 is 5.97 Å². The topological polar surface area (TPSA) is 58.6 Å². The molecule has 0 aliphatic rings. The van der Waals surface area contributed by atoms with Gasteiger partial charge < -0.3 is 15.2 Å². The highest BCUT2D eigenvalue weighted by Gasteiger charge is 2.27. The van der Waals surface area contributed by atoms with E-state index in [4.69, 9.17) is 9.84 Å². The first-order valence-corrected chi connectivity index (χ1v) is 5.07. The van der Waals surface area contributed by atoms with Gasteiger partial charge in [-0.1, -0.05) is 12.1 Å². The summed E-state index contributed by atoms with van der Waals surface area (Å²) in [6.07, 6.45) is 0.0375. The Morgan fingerprint density at radius 1 is 1.44 bits per heavy atom. The maximum absolute atomic E-state index is 10.8. The van der Waals surface area contributed by atoms with Crippen LogP contribution in [0.2, 0.25) is 0 Å². The van der Waals surface area contributed by atoms with Crippen molar-refractivity contribution in [3.8, 4) is 5.75 Å². The second-order valence-electron chi connectivity index (χ2n) is 3.88. The number of benzene rings is 1. The quantitative estimate of drug-likeness (QED) is 0.796. The molecule has 4 nitrogen and oxygen atoms in total. The molecular formula is C12H17NO3. The van der Waals surface area contributed by atoms with Crippen LogP contribution in [0.4, 0.5) is 0 Å². The average molecular weight is 223 g/mol.